The number of benzene rings is 2. The maximum Gasteiger partial charge on any atom is 0.321 e. The fraction of sp³-hybridized carbons (Fsp3) is 0.364. The highest BCUT2D eigenvalue weighted by Crippen LogP contribution is 2.21. The van der Waals surface area contributed by atoms with Gasteiger partial charge in [-0.25, -0.2) is 4.79 Å². The molecule has 0 unspecified atom stereocenters. The van der Waals surface area contributed by atoms with Crippen molar-refractivity contribution in [2.75, 3.05) is 7.05 Å². The van der Waals surface area contributed by atoms with Gasteiger partial charge in [0.2, 0.25) is 5.91 Å². The topological polar surface area (TPSA) is 70.2 Å². The Bertz CT molecular complexity index is 742. The summed E-state index contributed by atoms with van der Waals surface area (Å²) in [5.74, 6) is 0.228. The lowest BCUT2D eigenvalue weighted by molar-refractivity contribution is -0.122. The van der Waals surface area contributed by atoms with E-state index in [-0.39, 0.29) is 11.9 Å². The molecular weight excluding hydrogens is 338 g/mol. The first-order valence-electron chi connectivity index (χ1n) is 9.33. The number of imide groups is 1. The SMILES string of the molecule is CNC(=O)NC(=O)[C@H](N[C@@H](C)c1ccc(CC(C)C)cc1)c1ccccc1. The van der Waals surface area contributed by atoms with Gasteiger partial charge in [0.25, 0.3) is 0 Å². The first-order chi connectivity index (χ1) is 12.9. The van der Waals surface area contributed by atoms with E-state index in [0.29, 0.717) is 5.92 Å². The Hall–Kier alpha value is -2.66. The molecule has 0 saturated heterocycles. The van der Waals surface area contributed by atoms with Gasteiger partial charge in [0.05, 0.1) is 0 Å². The van der Waals surface area contributed by atoms with E-state index in [4.69, 9.17) is 0 Å². The van der Waals surface area contributed by atoms with Crippen LogP contribution in [-0.2, 0) is 11.2 Å². The standard InChI is InChI=1S/C22H29N3O2/c1-15(2)14-17-10-12-18(13-11-17)16(3)24-20(19-8-6-5-7-9-19)21(26)25-22(27)23-4/h5-13,15-16,20,24H,14H2,1-4H3,(H2,23,25,26,27)/t16-,20+/m0/s1. The third-order valence-electron chi connectivity index (χ3n) is 4.40. The summed E-state index contributed by atoms with van der Waals surface area (Å²) < 4.78 is 0. The quantitative estimate of drug-likeness (QED) is 0.698. The second kappa shape index (κ2) is 9.88. The molecule has 2 atom stereocenters. The Morgan fingerprint density at radius 3 is 2.07 bits per heavy atom. The van der Waals surface area contributed by atoms with Gasteiger partial charge in [-0.05, 0) is 36.0 Å². The summed E-state index contributed by atoms with van der Waals surface area (Å²) in [4.78, 5) is 24.2. The summed E-state index contributed by atoms with van der Waals surface area (Å²) in [6.45, 7) is 6.42. The Morgan fingerprint density at radius 1 is 0.889 bits per heavy atom. The van der Waals surface area contributed by atoms with Crippen molar-refractivity contribution in [1.29, 1.82) is 0 Å². The molecule has 144 valence electrons. The van der Waals surface area contributed by atoms with Gasteiger partial charge in [0, 0.05) is 13.1 Å². The lowest BCUT2D eigenvalue weighted by Gasteiger charge is -2.23. The fourth-order valence-corrected chi connectivity index (χ4v) is 2.98. The van der Waals surface area contributed by atoms with Gasteiger partial charge in [-0.1, -0.05) is 68.4 Å². The number of hydrogen-bond acceptors (Lipinski definition) is 3. The summed E-state index contributed by atoms with van der Waals surface area (Å²) in [6, 6.07) is 16.6. The van der Waals surface area contributed by atoms with E-state index in [9.17, 15) is 9.59 Å². The van der Waals surface area contributed by atoms with Gasteiger partial charge < -0.3 is 5.32 Å². The van der Waals surface area contributed by atoms with E-state index in [2.05, 4.69) is 54.1 Å². The number of urea groups is 1. The molecule has 0 heterocycles. The molecule has 0 fully saturated rings. The molecule has 2 rings (SSSR count). The maximum absolute atomic E-state index is 12.6. The van der Waals surface area contributed by atoms with Crippen molar-refractivity contribution in [3.63, 3.8) is 0 Å². The third-order valence-corrected chi connectivity index (χ3v) is 4.40. The van der Waals surface area contributed by atoms with Crippen molar-refractivity contribution in [2.45, 2.75) is 39.3 Å². The zero-order valence-corrected chi connectivity index (χ0v) is 16.5. The van der Waals surface area contributed by atoms with E-state index in [0.717, 1.165) is 17.5 Å². The molecule has 0 aliphatic rings. The van der Waals surface area contributed by atoms with Crippen molar-refractivity contribution in [3.8, 4) is 0 Å². The van der Waals surface area contributed by atoms with Crippen molar-refractivity contribution in [2.24, 2.45) is 5.92 Å². The molecule has 3 amide bonds. The molecule has 0 aromatic heterocycles. The van der Waals surface area contributed by atoms with Crippen LogP contribution in [0.4, 0.5) is 4.79 Å². The van der Waals surface area contributed by atoms with Gasteiger partial charge >= 0.3 is 6.03 Å². The molecule has 0 aliphatic heterocycles. The third kappa shape index (κ3) is 6.22. The molecule has 0 spiro atoms. The highest BCUT2D eigenvalue weighted by atomic mass is 16.2. The average molecular weight is 367 g/mol. The number of carbonyl (C=O) groups excluding carboxylic acids is 2. The van der Waals surface area contributed by atoms with Crippen molar-refractivity contribution in [3.05, 3.63) is 71.3 Å². The van der Waals surface area contributed by atoms with Crippen LogP contribution in [0.15, 0.2) is 54.6 Å². The van der Waals surface area contributed by atoms with Crippen LogP contribution in [0, 0.1) is 5.92 Å². The summed E-state index contributed by atoms with van der Waals surface area (Å²) in [5.41, 5.74) is 3.20. The van der Waals surface area contributed by atoms with E-state index in [1.54, 1.807) is 0 Å². The Balaban J connectivity index is 2.16. The summed E-state index contributed by atoms with van der Waals surface area (Å²) >= 11 is 0. The Kier molecular flexibility index (Phi) is 7.55. The number of rotatable bonds is 7. The summed E-state index contributed by atoms with van der Waals surface area (Å²) in [5, 5.41) is 8.12. The number of amides is 3. The highest BCUT2D eigenvalue weighted by Gasteiger charge is 2.24. The van der Waals surface area contributed by atoms with Crippen LogP contribution in [0.1, 0.15) is 49.5 Å². The zero-order chi connectivity index (χ0) is 19.8. The van der Waals surface area contributed by atoms with Crippen LogP contribution < -0.4 is 16.0 Å². The molecule has 5 nitrogen and oxygen atoms in total. The van der Waals surface area contributed by atoms with Crippen LogP contribution >= 0.6 is 0 Å². The first-order valence-corrected chi connectivity index (χ1v) is 9.33. The number of carbonyl (C=O) groups is 2. The van der Waals surface area contributed by atoms with Gasteiger partial charge in [0.1, 0.15) is 6.04 Å². The lowest BCUT2D eigenvalue weighted by atomic mass is 9.98. The minimum Gasteiger partial charge on any atom is -0.341 e. The minimum atomic E-state index is -0.631. The molecule has 3 N–H and O–H groups in total. The monoisotopic (exact) mass is 367 g/mol. The Morgan fingerprint density at radius 2 is 1.52 bits per heavy atom. The summed E-state index contributed by atoms with van der Waals surface area (Å²) in [7, 11) is 1.48. The van der Waals surface area contributed by atoms with Crippen molar-refractivity contribution < 1.29 is 9.59 Å². The predicted molar refractivity (Wildman–Crippen MR) is 108 cm³/mol. The molecule has 2 aromatic rings. The maximum atomic E-state index is 12.6. The van der Waals surface area contributed by atoms with Crippen molar-refractivity contribution in [1.82, 2.24) is 16.0 Å². The predicted octanol–water partition coefficient (Wildman–Crippen LogP) is 3.73. The molecule has 5 heteroatoms. The molecule has 2 aromatic carbocycles. The fourth-order valence-electron chi connectivity index (χ4n) is 2.98. The largest absolute Gasteiger partial charge is 0.341 e. The second-order valence-corrected chi connectivity index (χ2v) is 7.14. The van der Waals surface area contributed by atoms with E-state index in [1.807, 2.05) is 37.3 Å². The molecule has 0 radical (unpaired) electrons. The van der Waals surface area contributed by atoms with Crippen LogP contribution in [0.5, 0.6) is 0 Å². The normalized spacial score (nSPS) is 13.1. The van der Waals surface area contributed by atoms with E-state index < -0.39 is 12.1 Å². The molecule has 0 bridgehead atoms. The average Bonchev–Trinajstić information content (AvgIpc) is 2.66. The highest BCUT2D eigenvalue weighted by molar-refractivity contribution is 5.97. The van der Waals surface area contributed by atoms with Crippen LogP contribution in [-0.4, -0.2) is 19.0 Å². The lowest BCUT2D eigenvalue weighted by Crippen LogP contribution is -2.44. The van der Waals surface area contributed by atoms with Gasteiger partial charge in [-0.3, -0.25) is 15.4 Å². The van der Waals surface area contributed by atoms with Crippen LogP contribution in [0.3, 0.4) is 0 Å². The molecule has 27 heavy (non-hydrogen) atoms. The zero-order valence-electron chi connectivity index (χ0n) is 16.5. The number of nitrogens with one attached hydrogen (secondary N) is 3. The van der Waals surface area contributed by atoms with Gasteiger partial charge in [0.15, 0.2) is 0 Å². The van der Waals surface area contributed by atoms with Gasteiger partial charge in [-0.15, -0.1) is 0 Å². The van der Waals surface area contributed by atoms with E-state index in [1.165, 1.54) is 12.6 Å². The smallest absolute Gasteiger partial charge is 0.321 e. The Labute approximate surface area is 161 Å². The first kappa shape index (κ1) is 20.6. The van der Waals surface area contributed by atoms with Gasteiger partial charge in [-0.2, -0.15) is 0 Å². The van der Waals surface area contributed by atoms with Crippen LogP contribution in [0.25, 0.3) is 0 Å². The minimum absolute atomic E-state index is 0.0567. The molecule has 0 aliphatic carbocycles. The second-order valence-electron chi connectivity index (χ2n) is 7.14. The molecular formula is C22H29N3O2. The summed E-state index contributed by atoms with van der Waals surface area (Å²) in [6.07, 6.45) is 1.04. The van der Waals surface area contributed by atoms with E-state index >= 15 is 0 Å². The van der Waals surface area contributed by atoms with Crippen molar-refractivity contribution >= 4 is 11.9 Å². The van der Waals surface area contributed by atoms with Crippen LogP contribution in [0.2, 0.25) is 0 Å². The number of hydrogen-bond donors (Lipinski definition) is 3. The molecule has 0 saturated carbocycles.